The minimum absolute atomic E-state index is 0. The summed E-state index contributed by atoms with van der Waals surface area (Å²) in [5.74, 6) is 0.491. The Morgan fingerprint density at radius 3 is 2.48 bits per heavy atom. The van der Waals surface area contributed by atoms with Crippen molar-refractivity contribution in [3.05, 3.63) is 39.9 Å². The Morgan fingerprint density at radius 1 is 1.24 bits per heavy atom. The number of aliphatic imine (C=N–C) groups is 1. The number of halogens is 1. The van der Waals surface area contributed by atoms with E-state index in [1.54, 1.807) is 18.2 Å². The summed E-state index contributed by atoms with van der Waals surface area (Å²) in [6, 6.07) is 6.65. The van der Waals surface area contributed by atoms with Gasteiger partial charge < -0.3 is 10.6 Å². The molecule has 0 bridgehead atoms. The number of guanidine groups is 1. The second-order valence-corrected chi connectivity index (χ2v) is 4.96. The van der Waals surface area contributed by atoms with Gasteiger partial charge in [-0.3, -0.25) is 10.1 Å². The molecule has 2 N–H and O–H groups in total. The van der Waals surface area contributed by atoms with Gasteiger partial charge in [0.1, 0.15) is 0 Å². The summed E-state index contributed by atoms with van der Waals surface area (Å²) in [5.41, 5.74) is 6.69. The fourth-order valence-corrected chi connectivity index (χ4v) is 2.39. The lowest BCUT2D eigenvalue weighted by Gasteiger charge is -2.21. The Labute approximate surface area is 141 Å². The van der Waals surface area contributed by atoms with E-state index in [2.05, 4.69) is 9.89 Å². The Bertz CT molecular complexity index is 500. The van der Waals surface area contributed by atoms with E-state index < -0.39 is 0 Å². The van der Waals surface area contributed by atoms with Gasteiger partial charge >= 0.3 is 0 Å². The van der Waals surface area contributed by atoms with Gasteiger partial charge in [-0.1, -0.05) is 31.0 Å². The van der Waals surface area contributed by atoms with Crippen LogP contribution in [0.15, 0.2) is 29.3 Å². The van der Waals surface area contributed by atoms with E-state index in [1.807, 2.05) is 0 Å². The number of nitro benzene ring substituents is 1. The van der Waals surface area contributed by atoms with Crippen molar-refractivity contribution in [1.82, 2.24) is 4.90 Å². The first-order valence-corrected chi connectivity index (χ1v) is 6.95. The van der Waals surface area contributed by atoms with E-state index in [0.29, 0.717) is 11.5 Å². The maximum atomic E-state index is 10.9. The zero-order valence-corrected chi connectivity index (χ0v) is 14.2. The topological polar surface area (TPSA) is 84.8 Å². The van der Waals surface area contributed by atoms with Gasteiger partial charge in [-0.25, -0.2) is 4.99 Å². The molecule has 0 radical (unpaired) electrons. The van der Waals surface area contributed by atoms with Gasteiger partial charge in [-0.05, 0) is 12.8 Å². The Hall–Kier alpha value is -1.38. The molecule has 0 aromatic heterocycles. The molecule has 6 nitrogen and oxygen atoms in total. The summed E-state index contributed by atoms with van der Waals surface area (Å²) < 4.78 is 0. The van der Waals surface area contributed by atoms with E-state index in [1.165, 1.54) is 18.9 Å². The second kappa shape index (κ2) is 8.81. The van der Waals surface area contributed by atoms with Crippen molar-refractivity contribution in [2.45, 2.75) is 32.2 Å². The summed E-state index contributed by atoms with van der Waals surface area (Å²) in [6.07, 6.45) is 4.71. The number of nitrogens with two attached hydrogens (primary N) is 1. The van der Waals surface area contributed by atoms with Crippen LogP contribution < -0.4 is 5.73 Å². The van der Waals surface area contributed by atoms with Crippen LogP contribution >= 0.6 is 24.0 Å². The standard InChI is InChI=1S/C14H20N4O2.HI/c15-14(17-9-5-1-2-6-10-17)16-11-12-7-3-4-8-13(12)18(19)20;/h3-4,7-8H,1-2,5-6,9-11H2,(H2,15,16);1H. The molecule has 1 heterocycles. The number of hydrogen-bond acceptors (Lipinski definition) is 3. The molecular weight excluding hydrogens is 383 g/mol. The predicted molar refractivity (Wildman–Crippen MR) is 93.9 cm³/mol. The van der Waals surface area contributed by atoms with Gasteiger partial charge in [0.2, 0.25) is 0 Å². The fraction of sp³-hybridized carbons (Fsp3) is 0.500. The summed E-state index contributed by atoms with van der Waals surface area (Å²) in [6.45, 7) is 2.10. The monoisotopic (exact) mass is 404 g/mol. The summed E-state index contributed by atoms with van der Waals surface area (Å²) in [7, 11) is 0. The van der Waals surface area contributed by atoms with Crippen molar-refractivity contribution < 1.29 is 4.92 Å². The molecule has 7 heteroatoms. The first kappa shape index (κ1) is 17.7. The minimum atomic E-state index is -0.382. The minimum Gasteiger partial charge on any atom is -0.370 e. The van der Waals surface area contributed by atoms with Crippen molar-refractivity contribution >= 4 is 35.6 Å². The highest BCUT2D eigenvalue weighted by Crippen LogP contribution is 2.18. The highest BCUT2D eigenvalue weighted by atomic mass is 127. The van der Waals surface area contributed by atoms with Crippen LogP contribution in [0.1, 0.15) is 31.2 Å². The molecule has 1 fully saturated rings. The second-order valence-electron chi connectivity index (χ2n) is 4.96. The average molecular weight is 404 g/mol. The summed E-state index contributed by atoms with van der Waals surface area (Å²) in [4.78, 5) is 16.9. The van der Waals surface area contributed by atoms with Gasteiger partial charge in [0.05, 0.1) is 17.0 Å². The molecule has 0 atom stereocenters. The maximum Gasteiger partial charge on any atom is 0.274 e. The van der Waals surface area contributed by atoms with Crippen molar-refractivity contribution in [2.24, 2.45) is 10.7 Å². The molecular formula is C14H21IN4O2. The highest BCUT2D eigenvalue weighted by molar-refractivity contribution is 14.0. The zero-order chi connectivity index (χ0) is 14.4. The van der Waals surface area contributed by atoms with Crippen molar-refractivity contribution in [1.29, 1.82) is 0 Å². The summed E-state index contributed by atoms with van der Waals surface area (Å²) >= 11 is 0. The van der Waals surface area contributed by atoms with Crippen LogP contribution in [0, 0.1) is 10.1 Å². The molecule has 0 amide bonds. The summed E-state index contributed by atoms with van der Waals surface area (Å²) in [5, 5.41) is 10.9. The molecule has 0 spiro atoms. The van der Waals surface area contributed by atoms with Gasteiger partial charge in [0.25, 0.3) is 5.69 Å². The first-order chi connectivity index (χ1) is 9.68. The molecule has 0 unspecified atom stereocenters. The third-order valence-electron chi connectivity index (χ3n) is 3.53. The van der Waals surface area contributed by atoms with Crippen LogP contribution in [0.2, 0.25) is 0 Å². The number of rotatable bonds is 3. The van der Waals surface area contributed by atoms with Gasteiger partial charge in [-0.2, -0.15) is 0 Å². The van der Waals surface area contributed by atoms with Crippen molar-refractivity contribution in [3.8, 4) is 0 Å². The third-order valence-corrected chi connectivity index (χ3v) is 3.53. The molecule has 1 aromatic rings. The molecule has 116 valence electrons. The number of likely N-dealkylation sites (tertiary alicyclic amines) is 1. The van der Waals surface area contributed by atoms with E-state index in [4.69, 9.17) is 5.73 Å². The van der Waals surface area contributed by atoms with Crippen LogP contribution in [-0.4, -0.2) is 28.9 Å². The van der Waals surface area contributed by atoms with Crippen molar-refractivity contribution in [2.75, 3.05) is 13.1 Å². The van der Waals surface area contributed by atoms with Gasteiger partial charge in [0.15, 0.2) is 5.96 Å². The van der Waals surface area contributed by atoms with Crippen LogP contribution in [0.25, 0.3) is 0 Å². The number of nitro groups is 1. The van der Waals surface area contributed by atoms with Crippen LogP contribution in [0.3, 0.4) is 0 Å². The lowest BCUT2D eigenvalue weighted by molar-refractivity contribution is -0.385. The predicted octanol–water partition coefficient (Wildman–Crippen LogP) is 2.90. The molecule has 1 aliphatic rings. The fourth-order valence-electron chi connectivity index (χ4n) is 2.39. The molecule has 0 aliphatic carbocycles. The smallest absolute Gasteiger partial charge is 0.274 e. The highest BCUT2D eigenvalue weighted by Gasteiger charge is 2.13. The number of hydrogen-bond donors (Lipinski definition) is 1. The lowest BCUT2D eigenvalue weighted by Crippen LogP contribution is -2.38. The number of nitrogens with zero attached hydrogens (tertiary/aromatic N) is 3. The lowest BCUT2D eigenvalue weighted by atomic mass is 10.2. The molecule has 1 aliphatic heterocycles. The molecule has 0 saturated carbocycles. The average Bonchev–Trinajstić information content (AvgIpc) is 2.74. The van der Waals surface area contributed by atoms with E-state index >= 15 is 0 Å². The normalized spacial score (nSPS) is 16.0. The Kier molecular flexibility index (Phi) is 7.41. The largest absolute Gasteiger partial charge is 0.370 e. The number of para-hydroxylation sites is 1. The first-order valence-electron chi connectivity index (χ1n) is 6.95. The maximum absolute atomic E-state index is 10.9. The van der Waals surface area contributed by atoms with Crippen LogP contribution in [-0.2, 0) is 6.54 Å². The van der Waals surface area contributed by atoms with E-state index in [0.717, 1.165) is 25.9 Å². The number of benzene rings is 1. The molecule has 2 rings (SSSR count). The SMILES string of the molecule is I.NC(=NCc1ccccc1[N+](=O)[O-])N1CCCCCC1. The molecule has 1 saturated heterocycles. The Morgan fingerprint density at radius 2 is 1.86 bits per heavy atom. The van der Waals surface area contributed by atoms with Gasteiger partial charge in [-0.15, -0.1) is 24.0 Å². The zero-order valence-electron chi connectivity index (χ0n) is 11.9. The van der Waals surface area contributed by atoms with Crippen LogP contribution in [0.4, 0.5) is 5.69 Å². The van der Waals surface area contributed by atoms with Crippen molar-refractivity contribution in [3.63, 3.8) is 0 Å². The van der Waals surface area contributed by atoms with E-state index in [9.17, 15) is 10.1 Å². The van der Waals surface area contributed by atoms with Gasteiger partial charge in [0, 0.05) is 19.2 Å². The Balaban J connectivity index is 0.00000220. The quantitative estimate of drug-likeness (QED) is 0.276. The molecule has 1 aromatic carbocycles. The third kappa shape index (κ3) is 5.14. The van der Waals surface area contributed by atoms with E-state index in [-0.39, 0.29) is 41.1 Å². The molecule has 21 heavy (non-hydrogen) atoms. The van der Waals surface area contributed by atoms with Crippen LogP contribution in [0.5, 0.6) is 0 Å².